The van der Waals surface area contributed by atoms with Gasteiger partial charge in [-0.15, -0.1) is 11.3 Å². The van der Waals surface area contributed by atoms with E-state index in [1.54, 1.807) is 48.5 Å². The molecule has 0 amide bonds. The van der Waals surface area contributed by atoms with Crippen molar-refractivity contribution in [1.29, 1.82) is 0 Å². The van der Waals surface area contributed by atoms with E-state index in [9.17, 15) is 14.7 Å². The monoisotopic (exact) mass is 628 g/mol. The lowest BCUT2D eigenvalue weighted by atomic mass is 9.98. The smallest absolute Gasteiger partial charge is 0.417 e. The number of hydrogen-bond donors (Lipinski definition) is 1. The molecule has 0 aliphatic rings. The van der Waals surface area contributed by atoms with Gasteiger partial charge in [-0.1, -0.05) is 60.6 Å². The second-order valence-electron chi connectivity index (χ2n) is 10.3. The standard InChI is InChI=1S/C33H29FN4O6S/c1-4-23-16-26-30(40)37(18-28(39)19-11-13-22(42-2)14-12-19)33(41)38(31(26)45-23)17-21-10-9-20(15-27(21)34)24-7-5-6-8-25(24)29-35-32(43-3)44-36-29/h5-16,28,39H,4,17-18H2,1-3H3. The highest BCUT2D eigenvalue weighted by molar-refractivity contribution is 7.18. The number of aliphatic hydroxyl groups excluding tert-OH is 1. The molecule has 0 spiro atoms. The number of methoxy groups -OCH3 is 2. The molecule has 1 unspecified atom stereocenters. The van der Waals surface area contributed by atoms with E-state index in [1.807, 2.05) is 25.1 Å². The van der Waals surface area contributed by atoms with Gasteiger partial charge >= 0.3 is 11.8 Å². The van der Waals surface area contributed by atoms with Crippen molar-refractivity contribution >= 4 is 21.6 Å². The van der Waals surface area contributed by atoms with Gasteiger partial charge in [-0.2, -0.15) is 4.98 Å². The second-order valence-corrected chi connectivity index (χ2v) is 11.4. The summed E-state index contributed by atoms with van der Waals surface area (Å²) in [6.45, 7) is 1.57. The van der Waals surface area contributed by atoms with Crippen LogP contribution >= 0.6 is 11.3 Å². The van der Waals surface area contributed by atoms with Crippen LogP contribution in [0.15, 0.2) is 86.9 Å². The Morgan fingerprint density at radius 1 is 0.978 bits per heavy atom. The summed E-state index contributed by atoms with van der Waals surface area (Å²) in [5.41, 5.74) is 1.53. The lowest BCUT2D eigenvalue weighted by molar-refractivity contribution is 0.153. The highest BCUT2D eigenvalue weighted by Crippen LogP contribution is 2.32. The molecular formula is C33H29FN4O6S. The molecule has 0 aliphatic heterocycles. The summed E-state index contributed by atoms with van der Waals surface area (Å²) in [7, 11) is 2.96. The van der Waals surface area contributed by atoms with Gasteiger partial charge in [0, 0.05) is 16.0 Å². The molecular weight excluding hydrogens is 599 g/mol. The summed E-state index contributed by atoms with van der Waals surface area (Å²) in [5, 5.41) is 15.3. The Morgan fingerprint density at radius 2 is 1.73 bits per heavy atom. The Labute approximate surface area is 260 Å². The molecule has 3 heterocycles. The van der Waals surface area contributed by atoms with Crippen LogP contribution < -0.4 is 20.7 Å². The summed E-state index contributed by atoms with van der Waals surface area (Å²) in [6.07, 6.45) is -0.460. The van der Waals surface area contributed by atoms with Crippen LogP contribution in [0.4, 0.5) is 4.39 Å². The highest BCUT2D eigenvalue weighted by Gasteiger charge is 2.21. The van der Waals surface area contributed by atoms with Crippen LogP contribution in [-0.2, 0) is 19.5 Å². The van der Waals surface area contributed by atoms with Gasteiger partial charge in [0.25, 0.3) is 5.56 Å². The second kappa shape index (κ2) is 12.5. The largest absolute Gasteiger partial charge is 0.497 e. The van der Waals surface area contributed by atoms with E-state index < -0.39 is 23.2 Å². The minimum absolute atomic E-state index is 0.00995. The van der Waals surface area contributed by atoms with Crippen molar-refractivity contribution < 1.29 is 23.5 Å². The van der Waals surface area contributed by atoms with Crippen molar-refractivity contribution in [2.45, 2.75) is 32.5 Å². The van der Waals surface area contributed by atoms with Crippen molar-refractivity contribution in [1.82, 2.24) is 19.3 Å². The quantitative estimate of drug-likeness (QED) is 0.213. The van der Waals surface area contributed by atoms with E-state index in [2.05, 4.69) is 10.1 Å². The predicted octanol–water partition coefficient (Wildman–Crippen LogP) is 5.44. The molecule has 0 aliphatic carbocycles. The normalized spacial score (nSPS) is 12.0. The van der Waals surface area contributed by atoms with E-state index in [0.717, 1.165) is 9.44 Å². The number of nitrogens with zero attached hydrogens (tertiary/aromatic N) is 4. The Bertz CT molecular complexity index is 2120. The van der Waals surface area contributed by atoms with Gasteiger partial charge in [0.05, 0.1) is 38.8 Å². The topological polar surface area (TPSA) is 122 Å². The number of fused-ring (bicyclic) bond motifs is 1. The van der Waals surface area contributed by atoms with E-state index in [0.29, 0.717) is 50.5 Å². The Kier molecular flexibility index (Phi) is 8.33. The van der Waals surface area contributed by atoms with Gasteiger partial charge in [0.15, 0.2) is 0 Å². The van der Waals surface area contributed by atoms with Crippen LogP contribution in [0.5, 0.6) is 11.8 Å². The van der Waals surface area contributed by atoms with Crippen LogP contribution in [-0.4, -0.2) is 38.6 Å². The maximum atomic E-state index is 15.8. The van der Waals surface area contributed by atoms with E-state index >= 15 is 4.39 Å². The van der Waals surface area contributed by atoms with E-state index in [4.69, 9.17) is 14.0 Å². The maximum Gasteiger partial charge on any atom is 0.417 e. The fraction of sp³-hybridized carbons (Fsp3) is 0.212. The molecule has 0 bridgehead atoms. The molecule has 1 N–H and O–H groups in total. The first-order chi connectivity index (χ1) is 21.8. The van der Waals surface area contributed by atoms with Gasteiger partial charge in [-0.05, 0) is 47.4 Å². The highest BCUT2D eigenvalue weighted by atomic mass is 32.1. The average molecular weight is 629 g/mol. The van der Waals surface area contributed by atoms with Gasteiger partial charge in [0.2, 0.25) is 5.82 Å². The van der Waals surface area contributed by atoms with Crippen LogP contribution in [0.25, 0.3) is 32.7 Å². The molecule has 12 heteroatoms. The minimum atomic E-state index is -1.13. The molecule has 0 radical (unpaired) electrons. The SMILES string of the molecule is CCc1cc2c(=O)n(CC(O)c3ccc(OC)cc3)c(=O)n(Cc3ccc(-c4ccccc4-c4noc(OC)n4)cc3F)c2s1. The minimum Gasteiger partial charge on any atom is -0.497 e. The molecule has 1 atom stereocenters. The summed E-state index contributed by atoms with van der Waals surface area (Å²) in [4.78, 5) is 32.9. The molecule has 6 rings (SSSR count). The first-order valence-corrected chi connectivity index (χ1v) is 15.0. The summed E-state index contributed by atoms with van der Waals surface area (Å²) in [5.74, 6) is 0.379. The number of halogens is 1. The lowest BCUT2D eigenvalue weighted by Crippen LogP contribution is -2.41. The van der Waals surface area contributed by atoms with Crippen LogP contribution in [0.3, 0.4) is 0 Å². The summed E-state index contributed by atoms with van der Waals surface area (Å²) < 4.78 is 33.5. The number of thiophene rings is 1. The van der Waals surface area contributed by atoms with E-state index in [1.165, 1.54) is 36.2 Å². The van der Waals surface area contributed by atoms with Gasteiger partial charge in [0.1, 0.15) is 16.4 Å². The first-order valence-electron chi connectivity index (χ1n) is 14.1. The van der Waals surface area contributed by atoms with Crippen molar-refractivity contribution in [3.63, 3.8) is 0 Å². The molecule has 3 aromatic heterocycles. The predicted molar refractivity (Wildman–Crippen MR) is 168 cm³/mol. The zero-order valence-electron chi connectivity index (χ0n) is 24.7. The van der Waals surface area contributed by atoms with Gasteiger partial charge in [-0.3, -0.25) is 18.5 Å². The third-order valence-corrected chi connectivity index (χ3v) is 8.90. The molecule has 0 saturated heterocycles. The fourth-order valence-electron chi connectivity index (χ4n) is 5.17. The van der Waals surface area contributed by atoms with Crippen LogP contribution in [0.1, 0.15) is 29.0 Å². The molecule has 6 aromatic rings. The number of aromatic nitrogens is 4. The average Bonchev–Trinajstić information content (AvgIpc) is 3.73. The molecule has 0 saturated carbocycles. The Hall–Kier alpha value is -5.07. The van der Waals surface area contributed by atoms with Crippen LogP contribution in [0, 0.1) is 5.82 Å². The Morgan fingerprint density at radius 3 is 2.40 bits per heavy atom. The molecule has 0 fully saturated rings. The summed E-state index contributed by atoms with van der Waals surface area (Å²) >= 11 is 1.33. The first kappa shape index (κ1) is 30.0. The number of aliphatic hydroxyl groups is 1. The molecule has 3 aromatic carbocycles. The van der Waals surface area contributed by atoms with Gasteiger partial charge in [-0.25, -0.2) is 9.18 Å². The number of hydrogen-bond acceptors (Lipinski definition) is 9. The number of benzene rings is 3. The maximum absolute atomic E-state index is 15.8. The van der Waals surface area contributed by atoms with Gasteiger partial charge < -0.3 is 14.6 Å². The number of rotatable bonds is 10. The molecule has 230 valence electrons. The number of ether oxygens (including phenoxy) is 2. The van der Waals surface area contributed by atoms with Crippen molar-refractivity contribution in [2.75, 3.05) is 14.2 Å². The zero-order chi connectivity index (χ0) is 31.7. The van der Waals surface area contributed by atoms with Crippen molar-refractivity contribution in [3.05, 3.63) is 115 Å². The van der Waals surface area contributed by atoms with Crippen LogP contribution in [0.2, 0.25) is 0 Å². The third kappa shape index (κ3) is 5.77. The summed E-state index contributed by atoms with van der Waals surface area (Å²) in [6, 6.07) is 20.5. The Balaban J connectivity index is 1.38. The number of aryl methyl sites for hydroxylation is 1. The molecule has 45 heavy (non-hydrogen) atoms. The van der Waals surface area contributed by atoms with Crippen molar-refractivity contribution in [3.8, 4) is 34.3 Å². The molecule has 10 nitrogen and oxygen atoms in total. The lowest BCUT2D eigenvalue weighted by Gasteiger charge is -2.16. The fourth-order valence-corrected chi connectivity index (χ4v) is 6.25. The van der Waals surface area contributed by atoms with Crippen molar-refractivity contribution in [2.24, 2.45) is 0 Å². The third-order valence-electron chi connectivity index (χ3n) is 7.59. The van der Waals surface area contributed by atoms with E-state index in [-0.39, 0.29) is 24.7 Å². The zero-order valence-corrected chi connectivity index (χ0v) is 25.5.